The minimum atomic E-state index is -3.94. The average Bonchev–Trinajstić information content (AvgIpc) is 2.94. The van der Waals surface area contributed by atoms with Crippen LogP contribution in [0.5, 0.6) is 0 Å². The van der Waals surface area contributed by atoms with E-state index in [-0.39, 0.29) is 4.90 Å². The van der Waals surface area contributed by atoms with Crippen molar-refractivity contribution in [1.82, 2.24) is 9.62 Å². The van der Waals surface area contributed by atoms with Gasteiger partial charge in [-0.1, -0.05) is 45.2 Å². The van der Waals surface area contributed by atoms with Gasteiger partial charge in [-0.15, -0.1) is 0 Å². The Labute approximate surface area is 243 Å². The van der Waals surface area contributed by atoms with Crippen molar-refractivity contribution in [3.05, 3.63) is 99.0 Å². The number of carbonyl (C=O) groups is 1. The maximum absolute atomic E-state index is 12.6. The summed E-state index contributed by atoms with van der Waals surface area (Å²) in [5.41, 5.74) is 5.65. The van der Waals surface area contributed by atoms with Crippen LogP contribution in [0.1, 0.15) is 41.6 Å². The predicted octanol–water partition coefficient (Wildman–Crippen LogP) is 6.37. The first-order valence-corrected chi connectivity index (χ1v) is 15.8. The number of rotatable bonds is 7. The highest BCUT2D eigenvalue weighted by Gasteiger charge is 2.22. The fourth-order valence-electron chi connectivity index (χ4n) is 5.25. The van der Waals surface area contributed by atoms with Gasteiger partial charge in [-0.05, 0) is 97.5 Å². The number of sulfonamides is 1. The number of piperazine rings is 1. The lowest BCUT2D eigenvalue weighted by molar-refractivity contribution is 0.0981. The highest BCUT2D eigenvalue weighted by Crippen LogP contribution is 2.33. The average molecular weight is 629 g/mol. The van der Waals surface area contributed by atoms with Gasteiger partial charge in [-0.25, -0.2) is 13.1 Å². The van der Waals surface area contributed by atoms with Gasteiger partial charge in [0, 0.05) is 53.5 Å². The van der Waals surface area contributed by atoms with Gasteiger partial charge >= 0.3 is 0 Å². The van der Waals surface area contributed by atoms with Crippen LogP contribution in [0.25, 0.3) is 5.57 Å². The first kappa shape index (κ1) is 27.9. The largest absolute Gasteiger partial charge is 0.369 e. The Morgan fingerprint density at radius 2 is 1.49 bits per heavy atom. The molecular formula is C30H31BrClN3O3S. The van der Waals surface area contributed by atoms with Crippen molar-refractivity contribution >= 4 is 54.7 Å². The van der Waals surface area contributed by atoms with Crippen LogP contribution in [0.3, 0.4) is 0 Å². The number of anilines is 1. The van der Waals surface area contributed by atoms with E-state index in [2.05, 4.69) is 42.6 Å². The lowest BCUT2D eigenvalue weighted by Crippen LogP contribution is -2.47. The first-order valence-electron chi connectivity index (χ1n) is 13.2. The number of allylic oxidation sites excluding steroid dienone is 1. The summed E-state index contributed by atoms with van der Waals surface area (Å²) in [5.74, 6) is -0.647. The lowest BCUT2D eigenvalue weighted by atomic mass is 9.87. The molecule has 6 nitrogen and oxygen atoms in total. The molecule has 0 aromatic heterocycles. The van der Waals surface area contributed by atoms with Crippen molar-refractivity contribution in [1.29, 1.82) is 0 Å². The third-order valence-corrected chi connectivity index (χ3v) is 9.53. The summed E-state index contributed by atoms with van der Waals surface area (Å²) in [6.07, 6.45) is 4.76. The van der Waals surface area contributed by atoms with Gasteiger partial charge in [0.25, 0.3) is 15.9 Å². The van der Waals surface area contributed by atoms with E-state index in [9.17, 15) is 13.2 Å². The third kappa shape index (κ3) is 6.92. The minimum absolute atomic E-state index is 0.0396. The quantitative estimate of drug-likeness (QED) is 0.329. The van der Waals surface area contributed by atoms with E-state index < -0.39 is 15.9 Å². The van der Waals surface area contributed by atoms with Gasteiger partial charge in [0.05, 0.1) is 4.90 Å². The zero-order valence-corrected chi connectivity index (χ0v) is 24.7. The highest BCUT2D eigenvalue weighted by atomic mass is 79.9. The van der Waals surface area contributed by atoms with Crippen LogP contribution >= 0.6 is 27.5 Å². The van der Waals surface area contributed by atoms with Crippen molar-refractivity contribution in [2.24, 2.45) is 0 Å². The molecule has 2 aliphatic rings. The summed E-state index contributed by atoms with van der Waals surface area (Å²) in [5, 5.41) is 0.771. The van der Waals surface area contributed by atoms with Crippen molar-refractivity contribution < 1.29 is 13.2 Å². The SMILES string of the molecule is O=C(NS(=O)(=O)c1ccc(Br)cc1)c1ccc(N2CCN(CC3=C(c4ccc(Cl)cc4)CCCC3)CC2)cc1. The molecule has 1 aliphatic carbocycles. The Morgan fingerprint density at radius 1 is 0.846 bits per heavy atom. The van der Waals surface area contributed by atoms with Crippen molar-refractivity contribution in [2.75, 3.05) is 37.6 Å². The van der Waals surface area contributed by atoms with Gasteiger partial charge in [0.2, 0.25) is 0 Å². The lowest BCUT2D eigenvalue weighted by Gasteiger charge is -2.37. The molecule has 39 heavy (non-hydrogen) atoms. The smallest absolute Gasteiger partial charge is 0.264 e. The molecule has 9 heteroatoms. The van der Waals surface area contributed by atoms with Crippen LogP contribution in [0.4, 0.5) is 5.69 Å². The molecule has 204 valence electrons. The molecule has 1 heterocycles. The van der Waals surface area contributed by atoms with Gasteiger partial charge in [-0.2, -0.15) is 0 Å². The number of nitrogens with zero attached hydrogens (tertiary/aromatic N) is 2. The number of halogens is 2. The van der Waals surface area contributed by atoms with Gasteiger partial charge < -0.3 is 4.90 Å². The van der Waals surface area contributed by atoms with Crippen molar-refractivity contribution in [2.45, 2.75) is 30.6 Å². The molecule has 0 bridgehead atoms. The molecule has 0 radical (unpaired) electrons. The van der Waals surface area contributed by atoms with E-state index in [0.29, 0.717) is 5.56 Å². The Balaban J connectivity index is 1.18. The number of carbonyl (C=O) groups excluding carboxylic acids is 1. The molecule has 1 fully saturated rings. The van der Waals surface area contributed by atoms with E-state index in [1.54, 1.807) is 29.8 Å². The number of hydrogen-bond acceptors (Lipinski definition) is 5. The van der Waals surface area contributed by atoms with Crippen LogP contribution in [0.15, 0.2) is 87.7 Å². The van der Waals surface area contributed by atoms with Gasteiger partial charge in [0.1, 0.15) is 0 Å². The van der Waals surface area contributed by atoms with Crippen LogP contribution in [-0.2, 0) is 10.0 Å². The summed E-state index contributed by atoms with van der Waals surface area (Å²) in [4.78, 5) is 17.5. The molecule has 0 saturated carbocycles. The number of benzene rings is 3. The van der Waals surface area contributed by atoms with Crippen LogP contribution in [0, 0.1) is 0 Å². The Bertz CT molecular complexity index is 1450. The zero-order chi connectivity index (χ0) is 27.4. The second-order valence-electron chi connectivity index (χ2n) is 9.99. The normalized spacial score (nSPS) is 16.8. The van der Waals surface area contributed by atoms with Crippen LogP contribution in [0.2, 0.25) is 5.02 Å². The first-order chi connectivity index (χ1) is 18.8. The number of hydrogen-bond donors (Lipinski definition) is 1. The molecule has 3 aromatic rings. The van der Waals surface area contributed by atoms with E-state index in [4.69, 9.17) is 11.6 Å². The highest BCUT2D eigenvalue weighted by molar-refractivity contribution is 9.10. The topological polar surface area (TPSA) is 69.7 Å². The zero-order valence-electron chi connectivity index (χ0n) is 21.6. The molecule has 0 unspecified atom stereocenters. The standard InChI is InChI=1S/C30H31BrClN3O3S/c31-25-9-15-28(16-10-25)39(37,38)33-30(36)23-7-13-27(14-8-23)35-19-17-34(18-20-35)21-24-3-1-2-4-29(24)22-5-11-26(32)12-6-22/h5-16H,1-4,17-21H2,(H,33,36). The Morgan fingerprint density at radius 3 is 2.15 bits per heavy atom. The maximum Gasteiger partial charge on any atom is 0.264 e. The van der Waals surface area contributed by atoms with Crippen LogP contribution < -0.4 is 9.62 Å². The van der Waals surface area contributed by atoms with Crippen molar-refractivity contribution in [3.63, 3.8) is 0 Å². The molecule has 3 aromatic carbocycles. The molecule has 0 atom stereocenters. The van der Waals surface area contributed by atoms with Crippen molar-refractivity contribution in [3.8, 4) is 0 Å². The van der Waals surface area contributed by atoms with E-state index in [1.165, 1.54) is 36.1 Å². The van der Waals surface area contributed by atoms with Gasteiger partial charge in [-0.3, -0.25) is 9.69 Å². The Hall–Kier alpha value is -2.65. The summed E-state index contributed by atoms with van der Waals surface area (Å²) in [6, 6.07) is 21.5. The van der Waals surface area contributed by atoms with Gasteiger partial charge in [0.15, 0.2) is 0 Å². The summed E-state index contributed by atoms with van der Waals surface area (Å²) in [6.45, 7) is 4.72. The van der Waals surface area contributed by atoms with Crippen LogP contribution in [-0.4, -0.2) is 51.9 Å². The molecule has 1 N–H and O–H groups in total. The summed E-state index contributed by atoms with van der Waals surface area (Å²) in [7, 11) is -3.94. The third-order valence-electron chi connectivity index (χ3n) is 7.41. The molecule has 1 saturated heterocycles. The van der Waals surface area contributed by atoms with E-state index in [0.717, 1.165) is 60.7 Å². The monoisotopic (exact) mass is 627 g/mol. The maximum atomic E-state index is 12.6. The molecule has 0 spiro atoms. The van der Waals surface area contributed by atoms with E-state index in [1.807, 2.05) is 24.3 Å². The fraction of sp³-hybridized carbons (Fsp3) is 0.300. The number of nitrogens with one attached hydrogen (secondary N) is 1. The molecule has 1 aliphatic heterocycles. The molecule has 5 rings (SSSR count). The predicted molar refractivity (Wildman–Crippen MR) is 161 cm³/mol. The second kappa shape index (κ2) is 12.3. The summed E-state index contributed by atoms with van der Waals surface area (Å²) >= 11 is 9.39. The minimum Gasteiger partial charge on any atom is -0.369 e. The fourth-order valence-corrected chi connectivity index (χ4v) is 6.62. The molecular weight excluding hydrogens is 598 g/mol. The Kier molecular flexibility index (Phi) is 8.76. The second-order valence-corrected chi connectivity index (χ2v) is 13.0. The summed E-state index contributed by atoms with van der Waals surface area (Å²) < 4.78 is 28.0. The van der Waals surface area contributed by atoms with E-state index >= 15 is 0 Å². The number of amides is 1. The molecule has 1 amide bonds.